The first-order valence-corrected chi connectivity index (χ1v) is 6.01. The Balaban J connectivity index is 2.71. The highest BCUT2D eigenvalue weighted by atomic mass is 79.9. The Morgan fingerprint density at radius 1 is 1.40 bits per heavy atom. The minimum atomic E-state index is -0.200. The number of carbonyl (C=O) groups is 1. The summed E-state index contributed by atoms with van der Waals surface area (Å²) in [6, 6.07) is 7.18. The van der Waals surface area contributed by atoms with Gasteiger partial charge in [0.25, 0.3) is 0 Å². The van der Waals surface area contributed by atoms with Gasteiger partial charge in [-0.15, -0.1) is 0 Å². The summed E-state index contributed by atoms with van der Waals surface area (Å²) in [7, 11) is 0. The largest absolute Gasteiger partial charge is 0.324 e. The van der Waals surface area contributed by atoms with Gasteiger partial charge in [0.2, 0.25) is 5.91 Å². The number of halogens is 2. The second-order valence-electron chi connectivity index (χ2n) is 3.61. The molecule has 1 aromatic carbocycles. The lowest BCUT2D eigenvalue weighted by Gasteiger charge is -2.14. The molecule has 1 N–H and O–H groups in total. The van der Waals surface area contributed by atoms with Gasteiger partial charge in [0, 0.05) is 0 Å². The normalized spacial score (nSPS) is 12.6. The maximum absolute atomic E-state index is 11.7. The number of hydrogen-bond acceptors (Lipinski definition) is 1. The monoisotopic (exact) mass is 289 g/mol. The average molecular weight is 291 g/mol. The highest BCUT2D eigenvalue weighted by molar-refractivity contribution is 9.10. The third-order valence-corrected chi connectivity index (χ3v) is 3.77. The summed E-state index contributed by atoms with van der Waals surface area (Å²) in [6.07, 6.45) is 0. The van der Waals surface area contributed by atoms with Gasteiger partial charge in [-0.05, 0) is 18.1 Å². The number of amides is 1. The molecule has 1 unspecified atom stereocenters. The standard InChI is InChI=1S/C11H13BrClNO/c1-7(2)10(12)11(15)14-9-6-4-3-5-8(9)13/h3-7,10H,1-2H3,(H,14,15). The van der Waals surface area contributed by atoms with E-state index in [-0.39, 0.29) is 16.7 Å². The maximum atomic E-state index is 11.7. The summed E-state index contributed by atoms with van der Waals surface area (Å²) < 4.78 is 0. The number of hydrogen-bond donors (Lipinski definition) is 1. The molecular formula is C11H13BrClNO. The summed E-state index contributed by atoms with van der Waals surface area (Å²) in [5, 5.41) is 3.32. The van der Waals surface area contributed by atoms with Crippen LogP contribution in [0.25, 0.3) is 0 Å². The van der Waals surface area contributed by atoms with Crippen LogP contribution in [-0.2, 0) is 4.79 Å². The zero-order valence-electron chi connectivity index (χ0n) is 8.63. The first-order valence-electron chi connectivity index (χ1n) is 4.72. The molecule has 0 radical (unpaired) electrons. The van der Waals surface area contributed by atoms with Crippen molar-refractivity contribution in [2.24, 2.45) is 5.92 Å². The van der Waals surface area contributed by atoms with Crippen molar-refractivity contribution in [1.82, 2.24) is 0 Å². The van der Waals surface area contributed by atoms with E-state index >= 15 is 0 Å². The van der Waals surface area contributed by atoms with E-state index < -0.39 is 0 Å². The molecule has 0 bridgehead atoms. The highest BCUT2D eigenvalue weighted by Crippen LogP contribution is 2.22. The molecule has 0 heterocycles. The third kappa shape index (κ3) is 3.50. The van der Waals surface area contributed by atoms with Gasteiger partial charge < -0.3 is 5.32 Å². The van der Waals surface area contributed by atoms with Gasteiger partial charge in [-0.25, -0.2) is 0 Å². The zero-order chi connectivity index (χ0) is 11.4. The predicted octanol–water partition coefficient (Wildman–Crippen LogP) is 3.70. The van der Waals surface area contributed by atoms with Crippen molar-refractivity contribution in [2.75, 3.05) is 5.32 Å². The summed E-state index contributed by atoms with van der Waals surface area (Å²) in [5.74, 6) is 0.172. The lowest BCUT2D eigenvalue weighted by Crippen LogP contribution is -2.27. The number of nitrogens with one attached hydrogen (secondary N) is 1. The van der Waals surface area contributed by atoms with Crippen LogP contribution in [0, 0.1) is 5.92 Å². The molecule has 0 saturated carbocycles. The van der Waals surface area contributed by atoms with Crippen molar-refractivity contribution in [3.8, 4) is 0 Å². The first kappa shape index (κ1) is 12.5. The van der Waals surface area contributed by atoms with Crippen molar-refractivity contribution >= 4 is 39.1 Å². The lowest BCUT2D eigenvalue weighted by atomic mass is 10.1. The van der Waals surface area contributed by atoms with E-state index in [2.05, 4.69) is 21.2 Å². The minimum absolute atomic E-state index is 0.0712. The Labute approximate surface area is 103 Å². The van der Waals surface area contributed by atoms with E-state index in [4.69, 9.17) is 11.6 Å². The van der Waals surface area contributed by atoms with Crippen molar-refractivity contribution < 1.29 is 4.79 Å². The summed E-state index contributed by atoms with van der Waals surface area (Å²) in [5.41, 5.74) is 0.647. The molecule has 0 fully saturated rings. The highest BCUT2D eigenvalue weighted by Gasteiger charge is 2.18. The summed E-state index contributed by atoms with van der Waals surface area (Å²) >= 11 is 9.26. The number of alkyl halides is 1. The molecule has 1 amide bonds. The SMILES string of the molecule is CC(C)C(Br)C(=O)Nc1ccccc1Cl. The fourth-order valence-electron chi connectivity index (χ4n) is 1.07. The quantitative estimate of drug-likeness (QED) is 0.845. The molecule has 15 heavy (non-hydrogen) atoms. The molecule has 1 atom stereocenters. The molecule has 0 saturated heterocycles. The van der Waals surface area contributed by atoms with Crippen LogP contribution in [0.15, 0.2) is 24.3 Å². The number of para-hydroxylation sites is 1. The minimum Gasteiger partial charge on any atom is -0.324 e. The van der Waals surface area contributed by atoms with Gasteiger partial charge in [-0.1, -0.05) is 53.5 Å². The van der Waals surface area contributed by atoms with Crippen LogP contribution in [0.1, 0.15) is 13.8 Å². The van der Waals surface area contributed by atoms with E-state index in [1.54, 1.807) is 12.1 Å². The van der Waals surface area contributed by atoms with Crippen LogP contribution in [0.5, 0.6) is 0 Å². The number of rotatable bonds is 3. The molecule has 0 aliphatic carbocycles. The van der Waals surface area contributed by atoms with Crippen LogP contribution in [-0.4, -0.2) is 10.7 Å². The molecule has 0 aromatic heterocycles. The zero-order valence-corrected chi connectivity index (χ0v) is 11.0. The number of benzene rings is 1. The Morgan fingerprint density at radius 3 is 2.53 bits per heavy atom. The Morgan fingerprint density at radius 2 is 2.00 bits per heavy atom. The lowest BCUT2D eigenvalue weighted by molar-refractivity contribution is -0.116. The van der Waals surface area contributed by atoms with E-state index in [0.29, 0.717) is 10.7 Å². The van der Waals surface area contributed by atoms with Crippen LogP contribution in [0.2, 0.25) is 5.02 Å². The topological polar surface area (TPSA) is 29.1 Å². The first-order chi connectivity index (χ1) is 7.02. The summed E-state index contributed by atoms with van der Waals surface area (Å²) in [6.45, 7) is 3.96. The smallest absolute Gasteiger partial charge is 0.238 e. The van der Waals surface area contributed by atoms with Gasteiger partial charge in [-0.2, -0.15) is 0 Å². The molecule has 0 aliphatic rings. The molecule has 1 aromatic rings. The van der Waals surface area contributed by atoms with Gasteiger partial charge in [0.05, 0.1) is 15.5 Å². The fourth-order valence-corrected chi connectivity index (χ4v) is 1.36. The van der Waals surface area contributed by atoms with Crippen LogP contribution < -0.4 is 5.32 Å². The molecular weight excluding hydrogens is 277 g/mol. The fraction of sp³-hybridized carbons (Fsp3) is 0.364. The van der Waals surface area contributed by atoms with Gasteiger partial charge in [0.15, 0.2) is 0 Å². The molecule has 1 rings (SSSR count). The third-order valence-electron chi connectivity index (χ3n) is 1.97. The molecule has 0 spiro atoms. The average Bonchev–Trinajstić information content (AvgIpc) is 2.20. The Hall–Kier alpha value is -0.540. The molecule has 82 valence electrons. The van der Waals surface area contributed by atoms with Crippen molar-refractivity contribution in [2.45, 2.75) is 18.7 Å². The van der Waals surface area contributed by atoms with Crippen molar-refractivity contribution in [3.05, 3.63) is 29.3 Å². The maximum Gasteiger partial charge on any atom is 0.238 e. The van der Waals surface area contributed by atoms with E-state index in [1.165, 1.54) is 0 Å². The van der Waals surface area contributed by atoms with Crippen LogP contribution >= 0.6 is 27.5 Å². The number of carbonyl (C=O) groups excluding carboxylic acids is 1. The van der Waals surface area contributed by atoms with Gasteiger partial charge in [0.1, 0.15) is 0 Å². The van der Waals surface area contributed by atoms with E-state index in [9.17, 15) is 4.79 Å². The predicted molar refractivity (Wildman–Crippen MR) is 67.6 cm³/mol. The van der Waals surface area contributed by atoms with Gasteiger partial charge in [-0.3, -0.25) is 4.79 Å². The van der Waals surface area contributed by atoms with Crippen molar-refractivity contribution in [1.29, 1.82) is 0 Å². The second kappa shape index (κ2) is 5.52. The molecule has 0 aliphatic heterocycles. The Kier molecular flexibility index (Phi) is 4.61. The second-order valence-corrected chi connectivity index (χ2v) is 5.01. The van der Waals surface area contributed by atoms with Crippen molar-refractivity contribution in [3.63, 3.8) is 0 Å². The summed E-state index contributed by atoms with van der Waals surface area (Å²) in [4.78, 5) is 11.5. The molecule has 2 nitrogen and oxygen atoms in total. The van der Waals surface area contributed by atoms with Gasteiger partial charge >= 0.3 is 0 Å². The van der Waals surface area contributed by atoms with E-state index in [1.807, 2.05) is 26.0 Å². The number of anilines is 1. The molecule has 4 heteroatoms. The van der Waals surface area contributed by atoms with Crippen LogP contribution in [0.4, 0.5) is 5.69 Å². The van der Waals surface area contributed by atoms with Crippen LogP contribution in [0.3, 0.4) is 0 Å². The van der Waals surface area contributed by atoms with E-state index in [0.717, 1.165) is 0 Å². The Bertz CT molecular complexity index is 354.